The molecule has 0 aliphatic rings. The predicted molar refractivity (Wildman–Crippen MR) is 57.6 cm³/mol. The lowest BCUT2D eigenvalue weighted by Crippen LogP contribution is -2.10. The summed E-state index contributed by atoms with van der Waals surface area (Å²) in [7, 11) is 0. The van der Waals surface area contributed by atoms with Crippen LogP contribution in [0.1, 0.15) is 30.9 Å². The van der Waals surface area contributed by atoms with E-state index in [0.717, 1.165) is 5.56 Å². The minimum absolute atomic E-state index is 0.142. The molecular formula is C10H12N2OS. The third kappa shape index (κ3) is 1.99. The van der Waals surface area contributed by atoms with Gasteiger partial charge in [0.05, 0.1) is 10.6 Å². The number of aromatic nitrogens is 1. The van der Waals surface area contributed by atoms with Crippen LogP contribution in [-0.4, -0.2) is 11.2 Å². The number of nitrogens with one attached hydrogen (secondary N) is 1. The maximum Gasteiger partial charge on any atom is 0.249 e. The van der Waals surface area contributed by atoms with Crippen LogP contribution in [0.4, 0.5) is 0 Å². The first kappa shape index (κ1) is 10.9. The highest BCUT2D eigenvalue weighted by molar-refractivity contribution is 7.98. The number of thioether (sulfide) groups is 1. The highest BCUT2D eigenvalue weighted by Crippen LogP contribution is 2.23. The average Bonchev–Trinajstić information content (AvgIpc) is 2.16. The van der Waals surface area contributed by atoms with Crippen molar-refractivity contribution in [3.63, 3.8) is 0 Å². The van der Waals surface area contributed by atoms with Crippen molar-refractivity contribution in [3.05, 3.63) is 27.5 Å². The Labute approximate surface area is 87.2 Å². The van der Waals surface area contributed by atoms with Crippen LogP contribution in [0, 0.1) is 11.3 Å². The largest absolute Gasteiger partial charge is 0.316 e. The van der Waals surface area contributed by atoms with Gasteiger partial charge in [-0.05, 0) is 17.7 Å². The van der Waals surface area contributed by atoms with Gasteiger partial charge in [0.15, 0.2) is 0 Å². The van der Waals surface area contributed by atoms with Crippen molar-refractivity contribution in [2.75, 3.05) is 6.26 Å². The first-order valence-corrected chi connectivity index (χ1v) is 5.54. The molecule has 0 fully saturated rings. The van der Waals surface area contributed by atoms with E-state index in [-0.39, 0.29) is 11.5 Å². The molecule has 0 aliphatic carbocycles. The minimum Gasteiger partial charge on any atom is -0.316 e. The van der Waals surface area contributed by atoms with Crippen LogP contribution in [0.15, 0.2) is 15.9 Å². The molecule has 0 bridgehead atoms. The van der Waals surface area contributed by atoms with E-state index in [4.69, 9.17) is 5.26 Å². The summed E-state index contributed by atoms with van der Waals surface area (Å²) in [5.74, 6) is 0.192. The fourth-order valence-corrected chi connectivity index (χ4v) is 1.85. The molecule has 1 aromatic heterocycles. The predicted octanol–water partition coefficient (Wildman–Crippen LogP) is 2.09. The van der Waals surface area contributed by atoms with E-state index in [1.807, 2.05) is 20.1 Å². The van der Waals surface area contributed by atoms with Gasteiger partial charge < -0.3 is 4.98 Å². The van der Waals surface area contributed by atoms with Gasteiger partial charge in [-0.2, -0.15) is 5.26 Å². The van der Waals surface area contributed by atoms with Gasteiger partial charge in [0.2, 0.25) is 5.56 Å². The molecule has 3 nitrogen and oxygen atoms in total. The summed E-state index contributed by atoms with van der Waals surface area (Å²) in [5.41, 5.74) is 1.27. The maximum atomic E-state index is 11.3. The summed E-state index contributed by atoms with van der Waals surface area (Å²) >= 11 is 1.39. The normalized spacial score (nSPS) is 10.2. The van der Waals surface area contributed by atoms with Crippen molar-refractivity contribution in [1.29, 1.82) is 5.26 Å². The Kier molecular flexibility index (Phi) is 3.37. The van der Waals surface area contributed by atoms with Crippen molar-refractivity contribution < 1.29 is 0 Å². The Bertz CT molecular complexity index is 429. The SMILES string of the molecule is CSc1[nH]c(=O)cc(C(C)C)c1C#N. The topological polar surface area (TPSA) is 56.6 Å². The molecule has 0 unspecified atom stereocenters. The Balaban J connectivity index is 3.49. The van der Waals surface area contributed by atoms with Crippen molar-refractivity contribution >= 4 is 11.8 Å². The number of aromatic amines is 1. The van der Waals surface area contributed by atoms with E-state index in [9.17, 15) is 4.79 Å². The highest BCUT2D eigenvalue weighted by Gasteiger charge is 2.12. The molecule has 1 aromatic rings. The Morgan fingerprint density at radius 1 is 1.57 bits per heavy atom. The third-order valence-electron chi connectivity index (χ3n) is 1.98. The van der Waals surface area contributed by atoms with Crippen LogP contribution in [-0.2, 0) is 0 Å². The molecule has 14 heavy (non-hydrogen) atoms. The zero-order chi connectivity index (χ0) is 10.7. The lowest BCUT2D eigenvalue weighted by molar-refractivity contribution is 0.840. The van der Waals surface area contributed by atoms with Crippen LogP contribution in [0.25, 0.3) is 0 Å². The molecule has 0 spiro atoms. The van der Waals surface area contributed by atoms with Gasteiger partial charge in [0.1, 0.15) is 6.07 Å². The van der Waals surface area contributed by atoms with Gasteiger partial charge in [0, 0.05) is 6.07 Å². The van der Waals surface area contributed by atoms with Gasteiger partial charge in [0.25, 0.3) is 0 Å². The van der Waals surface area contributed by atoms with Crippen molar-refractivity contribution in [2.24, 2.45) is 0 Å². The van der Waals surface area contributed by atoms with Crippen molar-refractivity contribution in [1.82, 2.24) is 4.98 Å². The number of nitriles is 1. The number of H-pyrrole nitrogens is 1. The summed E-state index contributed by atoms with van der Waals surface area (Å²) in [4.78, 5) is 13.9. The molecule has 0 atom stereocenters. The number of rotatable bonds is 2. The smallest absolute Gasteiger partial charge is 0.249 e. The van der Waals surface area contributed by atoms with Gasteiger partial charge in [-0.3, -0.25) is 4.79 Å². The highest BCUT2D eigenvalue weighted by atomic mass is 32.2. The van der Waals surface area contributed by atoms with E-state index in [0.29, 0.717) is 10.6 Å². The monoisotopic (exact) mass is 208 g/mol. The molecule has 1 rings (SSSR count). The molecule has 0 aromatic carbocycles. The summed E-state index contributed by atoms with van der Waals surface area (Å²) in [6.07, 6.45) is 1.84. The first-order chi connectivity index (χ1) is 6.60. The van der Waals surface area contributed by atoms with Crippen LogP contribution < -0.4 is 5.56 Å². The molecule has 1 heterocycles. The Hall–Kier alpha value is -1.21. The molecule has 0 aliphatic heterocycles. The van der Waals surface area contributed by atoms with Gasteiger partial charge >= 0.3 is 0 Å². The van der Waals surface area contributed by atoms with Crippen LogP contribution >= 0.6 is 11.8 Å². The van der Waals surface area contributed by atoms with E-state index in [2.05, 4.69) is 11.1 Å². The third-order valence-corrected chi connectivity index (χ3v) is 2.69. The van der Waals surface area contributed by atoms with Gasteiger partial charge in [-0.25, -0.2) is 0 Å². The molecular weight excluding hydrogens is 196 g/mol. The number of pyridine rings is 1. The Morgan fingerprint density at radius 3 is 2.64 bits per heavy atom. The fraction of sp³-hybridized carbons (Fsp3) is 0.400. The van der Waals surface area contributed by atoms with E-state index >= 15 is 0 Å². The van der Waals surface area contributed by atoms with Crippen LogP contribution in [0.2, 0.25) is 0 Å². The second kappa shape index (κ2) is 4.34. The van der Waals surface area contributed by atoms with Gasteiger partial charge in [-0.1, -0.05) is 13.8 Å². The van der Waals surface area contributed by atoms with Crippen molar-refractivity contribution in [3.8, 4) is 6.07 Å². The number of hydrogen-bond acceptors (Lipinski definition) is 3. The molecule has 74 valence electrons. The molecule has 0 saturated carbocycles. The number of hydrogen-bond donors (Lipinski definition) is 1. The Morgan fingerprint density at radius 2 is 2.21 bits per heavy atom. The second-order valence-electron chi connectivity index (χ2n) is 3.26. The molecule has 0 radical (unpaired) electrons. The van der Waals surface area contributed by atoms with Crippen molar-refractivity contribution in [2.45, 2.75) is 24.8 Å². The van der Waals surface area contributed by atoms with Gasteiger partial charge in [-0.15, -0.1) is 11.8 Å². The van der Waals surface area contributed by atoms with E-state index < -0.39 is 0 Å². The summed E-state index contributed by atoms with van der Waals surface area (Å²) in [6.45, 7) is 3.94. The second-order valence-corrected chi connectivity index (χ2v) is 4.08. The standard InChI is InChI=1S/C10H12N2OS/c1-6(2)7-4-9(13)12-10(14-3)8(7)5-11/h4,6H,1-3H3,(H,12,13). The first-order valence-electron chi connectivity index (χ1n) is 4.31. The lowest BCUT2D eigenvalue weighted by atomic mass is 10.00. The van der Waals surface area contributed by atoms with E-state index in [1.54, 1.807) is 0 Å². The lowest BCUT2D eigenvalue weighted by Gasteiger charge is -2.09. The summed E-state index contributed by atoms with van der Waals surface area (Å²) < 4.78 is 0. The van der Waals surface area contributed by atoms with Crippen LogP contribution in [0.3, 0.4) is 0 Å². The maximum absolute atomic E-state index is 11.3. The van der Waals surface area contributed by atoms with Crippen LogP contribution in [0.5, 0.6) is 0 Å². The molecule has 0 saturated heterocycles. The summed E-state index contributed by atoms with van der Waals surface area (Å²) in [5, 5.41) is 9.64. The molecule has 4 heteroatoms. The zero-order valence-electron chi connectivity index (χ0n) is 8.42. The average molecular weight is 208 g/mol. The molecule has 1 N–H and O–H groups in total. The quantitative estimate of drug-likeness (QED) is 0.757. The zero-order valence-corrected chi connectivity index (χ0v) is 9.23. The van der Waals surface area contributed by atoms with E-state index in [1.165, 1.54) is 17.8 Å². The fourth-order valence-electron chi connectivity index (χ4n) is 1.28. The number of nitrogens with zero attached hydrogens (tertiary/aromatic N) is 1. The summed E-state index contributed by atoms with van der Waals surface area (Å²) in [6, 6.07) is 3.64. The molecule has 0 amide bonds. The minimum atomic E-state index is -0.142.